The number of para-hydroxylation sites is 1. The third kappa shape index (κ3) is 1.77. The van der Waals surface area contributed by atoms with E-state index in [2.05, 4.69) is 0 Å². The summed E-state index contributed by atoms with van der Waals surface area (Å²) in [6, 6.07) is 14.5. The summed E-state index contributed by atoms with van der Waals surface area (Å²) in [6.07, 6.45) is 0.396. The Labute approximate surface area is 152 Å². The van der Waals surface area contributed by atoms with E-state index in [4.69, 9.17) is 4.74 Å². The highest BCUT2D eigenvalue weighted by Gasteiger charge is 2.87. The van der Waals surface area contributed by atoms with Crippen molar-refractivity contribution in [3.05, 3.63) is 65.2 Å². The fourth-order valence-corrected chi connectivity index (χ4v) is 4.90. The molecule has 4 rings (SSSR count). The Morgan fingerprint density at radius 2 is 1.73 bits per heavy atom. The van der Waals surface area contributed by atoms with Crippen molar-refractivity contribution >= 4 is 17.5 Å². The Bertz CT molecular complexity index is 943. The molecule has 132 valence electrons. The molecule has 4 nitrogen and oxygen atoms in total. The van der Waals surface area contributed by atoms with Crippen LogP contribution in [0.3, 0.4) is 0 Å². The maximum Gasteiger partial charge on any atom is 0.326 e. The van der Waals surface area contributed by atoms with Gasteiger partial charge < -0.3 is 4.74 Å². The molecule has 0 radical (unpaired) electrons. The van der Waals surface area contributed by atoms with Crippen LogP contribution >= 0.6 is 0 Å². The summed E-state index contributed by atoms with van der Waals surface area (Å²) in [5.41, 5.74) is -0.163. The fraction of sp³-hybridized carbons (Fsp3) is 0.318. The van der Waals surface area contributed by atoms with Gasteiger partial charge in [-0.15, -0.1) is 0 Å². The zero-order chi connectivity index (χ0) is 18.7. The van der Waals surface area contributed by atoms with Crippen LogP contribution in [0.5, 0.6) is 5.75 Å². The highest BCUT2D eigenvalue weighted by atomic mass is 16.5. The van der Waals surface area contributed by atoms with Gasteiger partial charge >= 0.3 is 5.97 Å². The molecular formula is C22H20O4. The van der Waals surface area contributed by atoms with Gasteiger partial charge in [0.2, 0.25) is 0 Å². The van der Waals surface area contributed by atoms with Crippen LogP contribution in [0.4, 0.5) is 0 Å². The minimum Gasteiger partial charge on any atom is -0.425 e. The van der Waals surface area contributed by atoms with Gasteiger partial charge in [-0.1, -0.05) is 55.0 Å². The molecule has 1 aliphatic carbocycles. The van der Waals surface area contributed by atoms with Gasteiger partial charge in [0.05, 0.1) is 5.41 Å². The maximum absolute atomic E-state index is 13.5. The van der Waals surface area contributed by atoms with Gasteiger partial charge in [0.15, 0.2) is 5.78 Å². The lowest BCUT2D eigenvalue weighted by Crippen LogP contribution is -2.38. The molecule has 2 aromatic rings. The van der Waals surface area contributed by atoms with E-state index in [1.807, 2.05) is 38.1 Å². The lowest BCUT2D eigenvalue weighted by Gasteiger charge is -2.22. The lowest BCUT2D eigenvalue weighted by molar-refractivity contribution is -0.148. The summed E-state index contributed by atoms with van der Waals surface area (Å²) < 4.78 is 5.50. The molecular weight excluding hydrogens is 328 g/mol. The fourth-order valence-electron chi connectivity index (χ4n) is 4.90. The topological polar surface area (TPSA) is 60.4 Å². The van der Waals surface area contributed by atoms with Crippen molar-refractivity contribution in [2.75, 3.05) is 0 Å². The number of hydrogen-bond donors (Lipinski definition) is 0. The molecule has 26 heavy (non-hydrogen) atoms. The molecule has 0 amide bonds. The molecule has 1 saturated carbocycles. The highest BCUT2D eigenvalue weighted by molar-refractivity contribution is 6.21. The van der Waals surface area contributed by atoms with Crippen LogP contribution in [-0.2, 0) is 9.59 Å². The molecule has 3 unspecified atom stereocenters. The number of carbonyl (C=O) groups is 3. The van der Waals surface area contributed by atoms with E-state index in [1.165, 1.54) is 6.92 Å². The largest absolute Gasteiger partial charge is 0.425 e. The van der Waals surface area contributed by atoms with E-state index >= 15 is 0 Å². The normalized spacial score (nSPS) is 28.6. The Morgan fingerprint density at radius 1 is 1.08 bits per heavy atom. The quantitative estimate of drug-likeness (QED) is 0.364. The predicted octanol–water partition coefficient (Wildman–Crippen LogP) is 3.87. The van der Waals surface area contributed by atoms with Crippen molar-refractivity contribution < 1.29 is 19.1 Å². The summed E-state index contributed by atoms with van der Waals surface area (Å²) in [7, 11) is 0. The molecule has 0 saturated heterocycles. The first-order chi connectivity index (χ1) is 12.4. The number of ketones is 2. The van der Waals surface area contributed by atoms with Crippen molar-refractivity contribution in [1.29, 1.82) is 0 Å². The van der Waals surface area contributed by atoms with Crippen molar-refractivity contribution in [1.82, 2.24) is 0 Å². The van der Waals surface area contributed by atoms with E-state index < -0.39 is 22.7 Å². The SMILES string of the molecule is CCC1(C(=O)c2ccc(C)cc2)C2c3ccccc3OC(=O)C21C(C)=O. The summed E-state index contributed by atoms with van der Waals surface area (Å²) in [4.78, 5) is 39.2. The average Bonchev–Trinajstić information content (AvgIpc) is 3.29. The second kappa shape index (κ2) is 5.37. The van der Waals surface area contributed by atoms with Crippen LogP contribution in [0.2, 0.25) is 0 Å². The molecule has 1 heterocycles. The van der Waals surface area contributed by atoms with Gasteiger partial charge in [0, 0.05) is 17.0 Å². The predicted molar refractivity (Wildman–Crippen MR) is 96.2 cm³/mol. The molecule has 4 heteroatoms. The van der Waals surface area contributed by atoms with Crippen LogP contribution < -0.4 is 4.74 Å². The van der Waals surface area contributed by atoms with Gasteiger partial charge in [-0.2, -0.15) is 0 Å². The number of rotatable bonds is 4. The second-order valence-corrected chi connectivity index (χ2v) is 7.24. The smallest absolute Gasteiger partial charge is 0.326 e. The zero-order valence-corrected chi connectivity index (χ0v) is 15.0. The number of benzene rings is 2. The van der Waals surface area contributed by atoms with Gasteiger partial charge in [0.1, 0.15) is 16.9 Å². The summed E-state index contributed by atoms with van der Waals surface area (Å²) in [5, 5.41) is 0. The minimum absolute atomic E-state index is 0.158. The number of fused-ring (bicyclic) bond motifs is 3. The van der Waals surface area contributed by atoms with Gasteiger partial charge in [-0.3, -0.25) is 14.4 Å². The van der Waals surface area contributed by atoms with E-state index in [9.17, 15) is 14.4 Å². The molecule has 2 aliphatic rings. The third-order valence-electron chi connectivity index (χ3n) is 6.13. The van der Waals surface area contributed by atoms with Crippen molar-refractivity contribution in [3.8, 4) is 5.75 Å². The Kier molecular flexibility index (Phi) is 3.45. The van der Waals surface area contributed by atoms with Crippen LogP contribution in [0.1, 0.15) is 47.7 Å². The van der Waals surface area contributed by atoms with Gasteiger partial charge in [-0.25, -0.2) is 0 Å². The second-order valence-electron chi connectivity index (χ2n) is 7.24. The molecule has 0 spiro atoms. The van der Waals surface area contributed by atoms with E-state index in [0.717, 1.165) is 11.1 Å². The van der Waals surface area contributed by atoms with Gasteiger partial charge in [-0.05, 0) is 26.3 Å². The Hall–Kier alpha value is -2.75. The molecule has 2 aromatic carbocycles. The molecule has 3 atom stereocenters. The van der Waals surface area contributed by atoms with Crippen LogP contribution in [0, 0.1) is 17.8 Å². The number of esters is 1. The van der Waals surface area contributed by atoms with Gasteiger partial charge in [0.25, 0.3) is 0 Å². The monoisotopic (exact) mass is 348 g/mol. The Morgan fingerprint density at radius 3 is 2.35 bits per heavy atom. The average molecular weight is 348 g/mol. The first-order valence-electron chi connectivity index (χ1n) is 8.85. The number of Topliss-reactive ketones (excluding diaryl/α,β-unsaturated/α-hetero) is 2. The lowest BCUT2D eigenvalue weighted by atomic mass is 9.81. The zero-order valence-electron chi connectivity index (χ0n) is 15.0. The molecule has 1 fully saturated rings. The Balaban J connectivity index is 1.93. The number of ether oxygens (including phenoxy) is 1. The van der Waals surface area contributed by atoms with E-state index in [1.54, 1.807) is 24.3 Å². The molecule has 0 aromatic heterocycles. The van der Waals surface area contributed by atoms with Crippen molar-refractivity contribution in [3.63, 3.8) is 0 Å². The standard InChI is InChI=1S/C22H20O4/c1-4-21(19(24)15-11-9-13(2)10-12-15)18-16-7-5-6-8-17(16)26-20(25)22(18,21)14(3)23/h5-12,18H,4H2,1-3H3. The van der Waals surface area contributed by atoms with Crippen LogP contribution in [0.25, 0.3) is 0 Å². The molecule has 0 bridgehead atoms. The highest BCUT2D eigenvalue weighted by Crippen LogP contribution is 2.80. The molecule has 1 aliphatic heterocycles. The first kappa shape index (κ1) is 16.7. The number of aryl methyl sites for hydroxylation is 1. The first-order valence-corrected chi connectivity index (χ1v) is 8.85. The summed E-state index contributed by atoms with van der Waals surface area (Å²) in [6.45, 7) is 5.21. The summed E-state index contributed by atoms with van der Waals surface area (Å²) in [5.74, 6) is -1.08. The number of hydrogen-bond acceptors (Lipinski definition) is 4. The molecule has 0 N–H and O–H groups in total. The third-order valence-corrected chi connectivity index (χ3v) is 6.13. The summed E-state index contributed by atoms with van der Waals surface area (Å²) >= 11 is 0. The van der Waals surface area contributed by atoms with Crippen LogP contribution in [-0.4, -0.2) is 17.5 Å². The van der Waals surface area contributed by atoms with Crippen molar-refractivity contribution in [2.24, 2.45) is 10.8 Å². The number of carbonyl (C=O) groups excluding carboxylic acids is 3. The van der Waals surface area contributed by atoms with E-state index in [-0.39, 0.29) is 11.6 Å². The van der Waals surface area contributed by atoms with E-state index in [0.29, 0.717) is 17.7 Å². The minimum atomic E-state index is -1.42. The maximum atomic E-state index is 13.5. The van der Waals surface area contributed by atoms with Crippen molar-refractivity contribution in [2.45, 2.75) is 33.1 Å². The van der Waals surface area contributed by atoms with Crippen LogP contribution in [0.15, 0.2) is 48.5 Å².